The van der Waals surface area contributed by atoms with E-state index in [1.807, 2.05) is 0 Å². The Bertz CT molecular complexity index is 433. The molecule has 1 saturated heterocycles. The molecule has 1 atom stereocenters. The number of nitrogens with zero attached hydrogens (tertiary/aromatic N) is 1. The molecule has 1 unspecified atom stereocenters. The van der Waals surface area contributed by atoms with Crippen LogP contribution in [0.15, 0.2) is 18.2 Å². The SMILES string of the molecule is Cl.NC(CN1CCC1)c1ccc(Cl)c(C(F)(F)F)c1. The van der Waals surface area contributed by atoms with E-state index in [2.05, 4.69) is 4.90 Å². The molecule has 0 aliphatic carbocycles. The van der Waals surface area contributed by atoms with Gasteiger partial charge in [0.25, 0.3) is 0 Å². The van der Waals surface area contributed by atoms with Crippen LogP contribution in [0, 0.1) is 0 Å². The number of nitrogens with two attached hydrogens (primary N) is 1. The van der Waals surface area contributed by atoms with E-state index in [-0.39, 0.29) is 17.4 Å². The maximum Gasteiger partial charge on any atom is 0.417 e. The van der Waals surface area contributed by atoms with Crippen LogP contribution in [0.5, 0.6) is 0 Å². The second-order valence-corrected chi connectivity index (χ2v) is 4.90. The predicted molar refractivity (Wildman–Crippen MR) is 71.7 cm³/mol. The standard InChI is InChI=1S/C12H14ClF3N2.ClH/c13-10-3-2-8(6-9(10)12(14,15)16)11(17)7-18-4-1-5-18;/h2-3,6,11H,1,4-5,7,17H2;1H. The monoisotopic (exact) mass is 314 g/mol. The van der Waals surface area contributed by atoms with Crippen molar-refractivity contribution in [3.8, 4) is 0 Å². The molecule has 108 valence electrons. The van der Waals surface area contributed by atoms with Gasteiger partial charge < -0.3 is 10.6 Å². The number of alkyl halides is 3. The Morgan fingerprint density at radius 1 is 1.32 bits per heavy atom. The van der Waals surface area contributed by atoms with Crippen LogP contribution >= 0.6 is 24.0 Å². The Morgan fingerprint density at radius 3 is 2.42 bits per heavy atom. The van der Waals surface area contributed by atoms with E-state index >= 15 is 0 Å². The van der Waals surface area contributed by atoms with Crippen molar-refractivity contribution in [1.82, 2.24) is 4.90 Å². The molecule has 1 aromatic carbocycles. The highest BCUT2D eigenvalue weighted by Gasteiger charge is 2.33. The van der Waals surface area contributed by atoms with Gasteiger partial charge in [0, 0.05) is 12.6 Å². The molecular formula is C12H15Cl2F3N2. The number of likely N-dealkylation sites (tertiary alicyclic amines) is 1. The van der Waals surface area contributed by atoms with Crippen LogP contribution in [-0.2, 0) is 6.18 Å². The number of rotatable bonds is 3. The van der Waals surface area contributed by atoms with Crippen LogP contribution in [0.4, 0.5) is 13.2 Å². The molecule has 1 fully saturated rings. The highest BCUT2D eigenvalue weighted by Crippen LogP contribution is 2.36. The Morgan fingerprint density at radius 2 is 1.95 bits per heavy atom. The third-order valence-corrected chi connectivity index (χ3v) is 3.46. The first-order valence-electron chi connectivity index (χ1n) is 5.72. The van der Waals surface area contributed by atoms with Gasteiger partial charge in [-0.2, -0.15) is 13.2 Å². The van der Waals surface area contributed by atoms with Crippen molar-refractivity contribution in [2.24, 2.45) is 5.73 Å². The predicted octanol–water partition coefficient (Wildman–Crippen LogP) is 3.49. The second kappa shape index (κ2) is 6.31. The summed E-state index contributed by atoms with van der Waals surface area (Å²) in [5, 5.41) is -0.289. The zero-order valence-corrected chi connectivity index (χ0v) is 11.7. The van der Waals surface area contributed by atoms with Gasteiger partial charge in [0.15, 0.2) is 0 Å². The smallest absolute Gasteiger partial charge is 0.323 e. The molecule has 0 aromatic heterocycles. The lowest BCUT2D eigenvalue weighted by molar-refractivity contribution is -0.137. The van der Waals surface area contributed by atoms with Crippen molar-refractivity contribution >= 4 is 24.0 Å². The van der Waals surface area contributed by atoms with Gasteiger partial charge in [0.05, 0.1) is 10.6 Å². The summed E-state index contributed by atoms with van der Waals surface area (Å²) in [6.07, 6.45) is -3.31. The maximum atomic E-state index is 12.7. The highest BCUT2D eigenvalue weighted by molar-refractivity contribution is 6.31. The van der Waals surface area contributed by atoms with Gasteiger partial charge in [-0.05, 0) is 37.2 Å². The van der Waals surface area contributed by atoms with Crippen molar-refractivity contribution in [3.63, 3.8) is 0 Å². The Hall–Kier alpha value is -0.490. The maximum absolute atomic E-state index is 12.7. The normalized spacial score (nSPS) is 17.5. The zero-order valence-electron chi connectivity index (χ0n) is 10.1. The summed E-state index contributed by atoms with van der Waals surface area (Å²) in [4.78, 5) is 2.12. The Balaban J connectivity index is 0.00000180. The molecule has 1 aromatic rings. The average Bonchev–Trinajstić information content (AvgIpc) is 2.22. The van der Waals surface area contributed by atoms with Crippen LogP contribution in [-0.4, -0.2) is 24.5 Å². The topological polar surface area (TPSA) is 29.3 Å². The fraction of sp³-hybridized carbons (Fsp3) is 0.500. The van der Waals surface area contributed by atoms with Crippen molar-refractivity contribution in [1.29, 1.82) is 0 Å². The van der Waals surface area contributed by atoms with E-state index in [0.717, 1.165) is 25.6 Å². The minimum absolute atomic E-state index is 0. The van der Waals surface area contributed by atoms with Crippen LogP contribution in [0.2, 0.25) is 5.02 Å². The summed E-state index contributed by atoms with van der Waals surface area (Å²) >= 11 is 5.56. The minimum atomic E-state index is -4.44. The van der Waals surface area contributed by atoms with Gasteiger partial charge in [-0.15, -0.1) is 12.4 Å². The zero-order chi connectivity index (χ0) is 13.3. The van der Waals surface area contributed by atoms with E-state index in [9.17, 15) is 13.2 Å². The molecular weight excluding hydrogens is 300 g/mol. The lowest BCUT2D eigenvalue weighted by Gasteiger charge is -2.33. The Labute approximate surface area is 121 Å². The molecule has 1 heterocycles. The van der Waals surface area contributed by atoms with Gasteiger partial charge in [0.2, 0.25) is 0 Å². The average molecular weight is 315 g/mol. The van der Waals surface area contributed by atoms with Crippen LogP contribution < -0.4 is 5.73 Å². The first-order valence-corrected chi connectivity index (χ1v) is 6.10. The molecule has 2 rings (SSSR count). The number of halogens is 5. The van der Waals surface area contributed by atoms with Crippen molar-refractivity contribution in [2.75, 3.05) is 19.6 Å². The van der Waals surface area contributed by atoms with Gasteiger partial charge in [0.1, 0.15) is 0 Å². The van der Waals surface area contributed by atoms with Crippen LogP contribution in [0.3, 0.4) is 0 Å². The highest BCUT2D eigenvalue weighted by atomic mass is 35.5. The van der Waals surface area contributed by atoms with Gasteiger partial charge in [-0.3, -0.25) is 0 Å². The van der Waals surface area contributed by atoms with E-state index in [1.54, 1.807) is 6.07 Å². The molecule has 1 aliphatic rings. The number of hydrogen-bond acceptors (Lipinski definition) is 2. The molecule has 0 amide bonds. The first kappa shape index (κ1) is 16.6. The molecule has 0 saturated carbocycles. The molecule has 0 bridgehead atoms. The first-order chi connectivity index (χ1) is 8.38. The largest absolute Gasteiger partial charge is 0.417 e. The van der Waals surface area contributed by atoms with Crippen LogP contribution in [0.25, 0.3) is 0 Å². The Kier molecular flexibility index (Phi) is 5.50. The molecule has 0 spiro atoms. The minimum Gasteiger partial charge on any atom is -0.323 e. The van der Waals surface area contributed by atoms with E-state index in [1.165, 1.54) is 6.07 Å². The quantitative estimate of drug-likeness (QED) is 0.925. The summed E-state index contributed by atoms with van der Waals surface area (Å²) in [6.45, 7) is 2.51. The molecule has 2 N–H and O–H groups in total. The van der Waals surface area contributed by atoms with Gasteiger partial charge in [-0.25, -0.2) is 0 Å². The van der Waals surface area contributed by atoms with E-state index in [0.29, 0.717) is 12.1 Å². The van der Waals surface area contributed by atoms with E-state index in [4.69, 9.17) is 17.3 Å². The summed E-state index contributed by atoms with van der Waals surface area (Å²) in [6, 6.07) is 3.45. The summed E-state index contributed by atoms with van der Waals surface area (Å²) < 4.78 is 38.1. The summed E-state index contributed by atoms with van der Waals surface area (Å²) in [7, 11) is 0. The second-order valence-electron chi connectivity index (χ2n) is 4.50. The lowest BCUT2D eigenvalue weighted by atomic mass is 10.0. The lowest BCUT2D eigenvalue weighted by Crippen LogP contribution is -2.41. The van der Waals surface area contributed by atoms with Crippen molar-refractivity contribution in [3.05, 3.63) is 34.3 Å². The third kappa shape index (κ3) is 3.99. The molecule has 0 radical (unpaired) electrons. The van der Waals surface area contributed by atoms with Crippen molar-refractivity contribution in [2.45, 2.75) is 18.6 Å². The van der Waals surface area contributed by atoms with Gasteiger partial charge >= 0.3 is 6.18 Å². The molecule has 2 nitrogen and oxygen atoms in total. The molecule has 19 heavy (non-hydrogen) atoms. The van der Waals surface area contributed by atoms with Crippen LogP contribution in [0.1, 0.15) is 23.6 Å². The van der Waals surface area contributed by atoms with Crippen molar-refractivity contribution < 1.29 is 13.2 Å². The fourth-order valence-electron chi connectivity index (χ4n) is 1.94. The fourth-order valence-corrected chi connectivity index (χ4v) is 2.16. The number of hydrogen-bond donors (Lipinski definition) is 1. The summed E-state index contributed by atoms with van der Waals surface area (Å²) in [5.74, 6) is 0. The summed E-state index contributed by atoms with van der Waals surface area (Å²) in [5.41, 5.74) is 5.57. The van der Waals surface area contributed by atoms with Gasteiger partial charge in [-0.1, -0.05) is 17.7 Å². The third-order valence-electron chi connectivity index (χ3n) is 3.13. The number of benzene rings is 1. The molecule has 7 heteroatoms. The van der Waals surface area contributed by atoms with E-state index < -0.39 is 17.8 Å². The molecule has 1 aliphatic heterocycles.